The Bertz CT molecular complexity index is 1280. The molecule has 1 amide bonds. The number of carbonyl (C=O) groups excluding carboxylic acids is 1. The number of thiazole rings is 1. The highest BCUT2D eigenvalue weighted by Crippen LogP contribution is 2.24. The second-order valence-electron chi connectivity index (χ2n) is 7.02. The zero-order chi connectivity index (χ0) is 22.7. The molecule has 0 unspecified atom stereocenters. The van der Waals surface area contributed by atoms with Crippen molar-refractivity contribution in [1.82, 2.24) is 9.55 Å². The minimum absolute atomic E-state index is 0.000488. The number of halogens is 2. The fourth-order valence-electron chi connectivity index (χ4n) is 3.27. The molecule has 162 valence electrons. The molecule has 2 aromatic heterocycles. The van der Waals surface area contributed by atoms with Crippen molar-refractivity contribution < 1.29 is 9.72 Å². The molecule has 2 aromatic carbocycles. The van der Waals surface area contributed by atoms with Gasteiger partial charge in [-0.3, -0.25) is 20.2 Å². The summed E-state index contributed by atoms with van der Waals surface area (Å²) in [5.41, 5.74) is 3.08. The highest BCUT2D eigenvalue weighted by Gasteiger charge is 2.17. The lowest BCUT2D eigenvalue weighted by atomic mass is 10.1. The summed E-state index contributed by atoms with van der Waals surface area (Å²) in [5, 5.41) is 14.9. The molecule has 32 heavy (non-hydrogen) atoms. The topological polar surface area (TPSA) is 90.1 Å². The Hall–Kier alpha value is -3.20. The summed E-state index contributed by atoms with van der Waals surface area (Å²) < 4.78 is 2.24. The van der Waals surface area contributed by atoms with Crippen LogP contribution in [0.2, 0.25) is 9.36 Å². The number of nitrogens with zero attached hydrogens (tertiary/aromatic N) is 3. The van der Waals surface area contributed by atoms with Gasteiger partial charge in [-0.1, -0.05) is 58.8 Å². The van der Waals surface area contributed by atoms with Gasteiger partial charge in [0, 0.05) is 29.9 Å². The molecule has 4 rings (SSSR count). The average molecular weight is 487 g/mol. The molecule has 0 fully saturated rings. The summed E-state index contributed by atoms with van der Waals surface area (Å²) in [5.74, 6) is -0.344. The molecule has 0 saturated carbocycles. The van der Waals surface area contributed by atoms with Gasteiger partial charge in [0.05, 0.1) is 11.1 Å². The Balaban J connectivity index is 1.64. The van der Waals surface area contributed by atoms with Gasteiger partial charge < -0.3 is 4.57 Å². The van der Waals surface area contributed by atoms with Gasteiger partial charge in [0.1, 0.15) is 10.0 Å². The van der Waals surface area contributed by atoms with Gasteiger partial charge in [0.15, 0.2) is 5.13 Å². The number of hydrogen-bond acceptors (Lipinski definition) is 5. The number of anilines is 1. The summed E-state index contributed by atoms with van der Waals surface area (Å²) in [7, 11) is 0. The lowest BCUT2D eigenvalue weighted by molar-refractivity contribution is -0.384. The standard InChI is InChI=1S/C22H16Cl2N4O3S/c23-17-6-4-14(5-7-17)8-16-10-19(21(29)26-22-25-11-20(24)32-22)27(13-16)12-15-2-1-3-18(9-15)28(30)31/h1-7,9-11,13H,8,12H2,(H,25,26,29). The van der Waals surface area contributed by atoms with Crippen molar-refractivity contribution in [2.45, 2.75) is 13.0 Å². The molecule has 2 heterocycles. The van der Waals surface area contributed by atoms with Gasteiger partial charge >= 0.3 is 0 Å². The molecule has 0 aliphatic heterocycles. The second-order valence-corrected chi connectivity index (χ2v) is 9.11. The molecule has 1 N–H and O–H groups in total. The Morgan fingerprint density at radius 3 is 2.56 bits per heavy atom. The monoisotopic (exact) mass is 486 g/mol. The highest BCUT2D eigenvalue weighted by molar-refractivity contribution is 7.19. The molecular weight excluding hydrogens is 471 g/mol. The number of nitrogens with one attached hydrogen (secondary N) is 1. The quantitative estimate of drug-likeness (QED) is 0.254. The molecule has 0 atom stereocenters. The van der Waals surface area contributed by atoms with Crippen LogP contribution in [0.5, 0.6) is 0 Å². The maximum atomic E-state index is 13.0. The minimum atomic E-state index is -0.440. The molecule has 0 radical (unpaired) electrons. The van der Waals surface area contributed by atoms with Crippen molar-refractivity contribution in [1.29, 1.82) is 0 Å². The lowest BCUT2D eigenvalue weighted by Crippen LogP contribution is -2.17. The fourth-order valence-corrected chi connectivity index (χ4v) is 4.20. The van der Waals surface area contributed by atoms with Crippen LogP contribution >= 0.6 is 34.5 Å². The van der Waals surface area contributed by atoms with Gasteiger partial charge in [-0.25, -0.2) is 4.98 Å². The van der Waals surface area contributed by atoms with Crippen molar-refractivity contribution in [3.8, 4) is 0 Å². The number of hydrogen-bond donors (Lipinski definition) is 1. The van der Waals surface area contributed by atoms with Crippen molar-refractivity contribution in [2.24, 2.45) is 0 Å². The van der Waals surface area contributed by atoms with Crippen LogP contribution in [0.15, 0.2) is 67.0 Å². The molecule has 4 aromatic rings. The van der Waals surface area contributed by atoms with E-state index >= 15 is 0 Å². The van der Waals surface area contributed by atoms with E-state index in [2.05, 4.69) is 10.3 Å². The van der Waals surface area contributed by atoms with Crippen molar-refractivity contribution in [3.63, 3.8) is 0 Å². The van der Waals surface area contributed by atoms with E-state index in [0.717, 1.165) is 22.5 Å². The number of non-ortho nitro benzene ring substituents is 1. The van der Waals surface area contributed by atoms with Crippen LogP contribution in [0.4, 0.5) is 10.8 Å². The van der Waals surface area contributed by atoms with E-state index in [1.165, 1.54) is 18.3 Å². The van der Waals surface area contributed by atoms with Gasteiger partial charge in [-0.05, 0) is 41.3 Å². The first-order valence-corrected chi connectivity index (χ1v) is 11.0. The number of aromatic nitrogens is 2. The van der Waals surface area contributed by atoms with Crippen LogP contribution in [-0.2, 0) is 13.0 Å². The third-order valence-corrected chi connectivity index (χ3v) is 5.96. The van der Waals surface area contributed by atoms with E-state index in [1.54, 1.807) is 22.8 Å². The van der Waals surface area contributed by atoms with Crippen LogP contribution in [0, 0.1) is 10.1 Å². The number of nitro groups is 1. The van der Waals surface area contributed by atoms with E-state index in [1.807, 2.05) is 30.5 Å². The van der Waals surface area contributed by atoms with Crippen LogP contribution in [0.25, 0.3) is 0 Å². The first-order valence-electron chi connectivity index (χ1n) is 9.47. The van der Waals surface area contributed by atoms with Crippen molar-refractivity contribution in [2.75, 3.05) is 5.32 Å². The maximum Gasteiger partial charge on any atom is 0.274 e. The Morgan fingerprint density at radius 2 is 1.88 bits per heavy atom. The van der Waals surface area contributed by atoms with Gasteiger partial charge in [-0.15, -0.1) is 0 Å². The lowest BCUT2D eigenvalue weighted by Gasteiger charge is -2.09. The largest absolute Gasteiger partial charge is 0.339 e. The van der Waals surface area contributed by atoms with E-state index in [9.17, 15) is 14.9 Å². The minimum Gasteiger partial charge on any atom is -0.339 e. The molecule has 0 spiro atoms. The maximum absolute atomic E-state index is 13.0. The third kappa shape index (κ3) is 5.34. The predicted molar refractivity (Wildman–Crippen MR) is 126 cm³/mol. The van der Waals surface area contributed by atoms with Crippen LogP contribution in [-0.4, -0.2) is 20.4 Å². The average Bonchev–Trinajstić information content (AvgIpc) is 3.35. The number of nitro benzene ring substituents is 1. The number of amides is 1. The van der Waals surface area contributed by atoms with Gasteiger partial charge in [0.25, 0.3) is 11.6 Å². The summed E-state index contributed by atoms with van der Waals surface area (Å²) in [6.07, 6.45) is 3.94. The number of rotatable bonds is 7. The number of carbonyl (C=O) groups is 1. The molecule has 0 saturated heterocycles. The zero-order valence-corrected chi connectivity index (χ0v) is 18.8. The Kier molecular flexibility index (Phi) is 6.55. The fraction of sp³-hybridized carbons (Fsp3) is 0.0909. The smallest absolute Gasteiger partial charge is 0.274 e. The molecular formula is C22H16Cl2N4O3S. The van der Waals surface area contributed by atoms with Gasteiger partial charge in [-0.2, -0.15) is 0 Å². The predicted octanol–water partition coefficient (Wildman–Crippen LogP) is 6.05. The SMILES string of the molecule is O=C(Nc1ncc(Cl)s1)c1cc(Cc2ccc(Cl)cc2)cn1Cc1cccc([N+](=O)[O-])c1. The summed E-state index contributed by atoms with van der Waals surface area (Å²) in [4.78, 5) is 27.7. The zero-order valence-electron chi connectivity index (χ0n) is 16.5. The molecule has 0 aliphatic rings. The Morgan fingerprint density at radius 1 is 1.09 bits per heavy atom. The highest BCUT2D eigenvalue weighted by atomic mass is 35.5. The van der Waals surface area contributed by atoms with E-state index in [0.29, 0.717) is 38.7 Å². The van der Waals surface area contributed by atoms with E-state index < -0.39 is 4.92 Å². The second kappa shape index (κ2) is 9.52. The van der Waals surface area contributed by atoms with Crippen LogP contribution < -0.4 is 5.32 Å². The molecule has 0 aliphatic carbocycles. The Labute approximate surface area is 197 Å². The first-order chi connectivity index (χ1) is 15.4. The van der Waals surface area contributed by atoms with Gasteiger partial charge in [0.2, 0.25) is 0 Å². The summed E-state index contributed by atoms with van der Waals surface area (Å²) in [6, 6.07) is 15.6. The van der Waals surface area contributed by atoms with E-state index in [4.69, 9.17) is 23.2 Å². The van der Waals surface area contributed by atoms with Crippen molar-refractivity contribution >= 4 is 51.3 Å². The van der Waals surface area contributed by atoms with Crippen LogP contribution in [0.3, 0.4) is 0 Å². The number of benzene rings is 2. The third-order valence-electron chi connectivity index (χ3n) is 4.68. The molecule has 0 bridgehead atoms. The molecule has 7 nitrogen and oxygen atoms in total. The summed E-state index contributed by atoms with van der Waals surface area (Å²) >= 11 is 13.0. The van der Waals surface area contributed by atoms with Crippen molar-refractivity contribution in [3.05, 3.63) is 109 Å². The normalized spacial score (nSPS) is 10.8. The molecule has 10 heteroatoms. The first kappa shape index (κ1) is 22.0. The van der Waals surface area contributed by atoms with E-state index in [-0.39, 0.29) is 11.6 Å². The van der Waals surface area contributed by atoms with Crippen LogP contribution in [0.1, 0.15) is 27.2 Å². The summed E-state index contributed by atoms with van der Waals surface area (Å²) in [6.45, 7) is 0.295.